The molecule has 0 radical (unpaired) electrons. The second-order valence-electron chi connectivity index (χ2n) is 7.54. The Bertz CT molecular complexity index is 1040. The molecular weight excluding hydrogens is 468 g/mol. The predicted molar refractivity (Wildman–Crippen MR) is 118 cm³/mol. The molecule has 0 fully saturated rings. The summed E-state index contributed by atoms with van der Waals surface area (Å²) in [5.41, 5.74) is 0.672. The minimum atomic E-state index is -0.557. The van der Waals surface area contributed by atoms with Gasteiger partial charge in [-0.15, -0.1) is 22.0 Å². The molecule has 0 aliphatic rings. The highest BCUT2D eigenvalue weighted by Gasteiger charge is 2.23. The smallest absolute Gasteiger partial charge is 0.339 e. The Kier molecular flexibility index (Phi) is 7.10. The third kappa shape index (κ3) is 5.79. The van der Waals surface area contributed by atoms with E-state index in [2.05, 4.69) is 26.1 Å². The van der Waals surface area contributed by atoms with E-state index in [1.165, 1.54) is 11.8 Å². The summed E-state index contributed by atoms with van der Waals surface area (Å²) in [6.45, 7) is 5.13. The van der Waals surface area contributed by atoms with Gasteiger partial charge in [-0.1, -0.05) is 48.8 Å². The van der Waals surface area contributed by atoms with Gasteiger partial charge in [0.15, 0.2) is 12.4 Å². The fourth-order valence-electron chi connectivity index (χ4n) is 2.35. The van der Waals surface area contributed by atoms with E-state index in [4.69, 9.17) is 9.15 Å². The van der Waals surface area contributed by atoms with Gasteiger partial charge in [0.05, 0.1) is 11.3 Å². The lowest BCUT2D eigenvalue weighted by atomic mass is 9.91. The number of hydrogen-bond donors (Lipinski definition) is 0. The molecular formula is C22H21BrN2O4S. The van der Waals surface area contributed by atoms with E-state index in [0.29, 0.717) is 28.0 Å². The second kappa shape index (κ2) is 9.57. The molecule has 1 aromatic heterocycles. The number of carbonyl (C=O) groups excluding carboxylic acids is 2. The predicted octanol–water partition coefficient (Wildman–Crippen LogP) is 5.56. The summed E-state index contributed by atoms with van der Waals surface area (Å²) in [6, 6.07) is 14.7. The van der Waals surface area contributed by atoms with Crippen LogP contribution >= 0.6 is 27.7 Å². The van der Waals surface area contributed by atoms with Crippen LogP contribution < -0.4 is 0 Å². The molecule has 0 aliphatic heterocycles. The monoisotopic (exact) mass is 488 g/mol. The van der Waals surface area contributed by atoms with Crippen molar-refractivity contribution in [3.8, 4) is 11.5 Å². The summed E-state index contributed by atoms with van der Waals surface area (Å²) >= 11 is 4.78. The quantitative estimate of drug-likeness (QED) is 0.317. The number of esters is 1. The maximum Gasteiger partial charge on any atom is 0.339 e. The summed E-state index contributed by atoms with van der Waals surface area (Å²) in [4.78, 5) is 25.2. The Morgan fingerprint density at radius 3 is 2.47 bits per heavy atom. The summed E-state index contributed by atoms with van der Waals surface area (Å²) < 4.78 is 11.9. The number of nitrogens with zero attached hydrogens (tertiary/aromatic N) is 2. The van der Waals surface area contributed by atoms with Crippen molar-refractivity contribution >= 4 is 39.4 Å². The molecule has 0 spiro atoms. The van der Waals surface area contributed by atoms with E-state index in [9.17, 15) is 9.59 Å². The van der Waals surface area contributed by atoms with Crippen LogP contribution in [0.5, 0.6) is 0 Å². The van der Waals surface area contributed by atoms with Crippen LogP contribution in [0.25, 0.3) is 11.5 Å². The van der Waals surface area contributed by atoms with Crippen molar-refractivity contribution in [1.82, 2.24) is 10.2 Å². The minimum Gasteiger partial charge on any atom is -0.454 e. The number of rotatable bonds is 7. The van der Waals surface area contributed by atoms with Crippen LogP contribution in [0.2, 0.25) is 0 Å². The first-order valence-corrected chi connectivity index (χ1v) is 11.0. The highest BCUT2D eigenvalue weighted by Crippen LogP contribution is 2.28. The molecule has 30 heavy (non-hydrogen) atoms. The molecule has 0 atom stereocenters. The normalized spacial score (nSPS) is 11.3. The number of Topliss-reactive ketones (excluding diaryl/α,β-unsaturated/α-hetero) is 1. The fourth-order valence-corrected chi connectivity index (χ4v) is 3.49. The van der Waals surface area contributed by atoms with Gasteiger partial charge in [-0.25, -0.2) is 4.79 Å². The molecule has 0 unspecified atom stereocenters. The molecule has 8 heteroatoms. The van der Waals surface area contributed by atoms with E-state index < -0.39 is 11.4 Å². The fraction of sp³-hybridized carbons (Fsp3) is 0.273. The zero-order valence-electron chi connectivity index (χ0n) is 16.8. The standard InChI is InChI=1S/C22H21BrN2O4S/c1-22(2,3)18(26)12-28-21(27)16-6-4-5-7-17(16)30-13-19-24-25-20(29-19)14-8-10-15(23)11-9-14/h4-11H,12-13H2,1-3H3. The Morgan fingerprint density at radius 1 is 1.07 bits per heavy atom. The lowest BCUT2D eigenvalue weighted by Crippen LogP contribution is -2.26. The van der Waals surface area contributed by atoms with Crippen molar-refractivity contribution in [2.45, 2.75) is 31.4 Å². The Morgan fingerprint density at radius 2 is 1.77 bits per heavy atom. The molecule has 0 saturated carbocycles. The van der Waals surface area contributed by atoms with Gasteiger partial charge in [0.1, 0.15) is 0 Å². The highest BCUT2D eigenvalue weighted by atomic mass is 79.9. The number of thioether (sulfide) groups is 1. The van der Waals surface area contributed by atoms with E-state index >= 15 is 0 Å². The van der Waals surface area contributed by atoms with Crippen LogP contribution in [0.4, 0.5) is 0 Å². The Hall–Kier alpha value is -2.45. The summed E-state index contributed by atoms with van der Waals surface area (Å²) in [7, 11) is 0. The number of hydrogen-bond acceptors (Lipinski definition) is 7. The van der Waals surface area contributed by atoms with Crippen LogP contribution in [0.1, 0.15) is 37.0 Å². The second-order valence-corrected chi connectivity index (χ2v) is 9.47. The van der Waals surface area contributed by atoms with Gasteiger partial charge in [0, 0.05) is 20.3 Å². The van der Waals surface area contributed by atoms with E-state index in [-0.39, 0.29) is 12.4 Å². The van der Waals surface area contributed by atoms with Gasteiger partial charge in [-0.3, -0.25) is 4.79 Å². The van der Waals surface area contributed by atoms with E-state index in [0.717, 1.165) is 10.0 Å². The molecule has 0 N–H and O–H groups in total. The first kappa shape index (κ1) is 22.2. The first-order valence-electron chi connectivity index (χ1n) is 9.24. The lowest BCUT2D eigenvalue weighted by Gasteiger charge is -2.16. The van der Waals surface area contributed by atoms with Crippen LogP contribution in [0.3, 0.4) is 0 Å². The zero-order valence-corrected chi connectivity index (χ0v) is 19.2. The van der Waals surface area contributed by atoms with Crippen LogP contribution in [0, 0.1) is 5.41 Å². The molecule has 1 heterocycles. The molecule has 6 nitrogen and oxygen atoms in total. The molecule has 3 rings (SSSR count). The first-order chi connectivity index (χ1) is 14.2. The van der Waals surface area contributed by atoms with Gasteiger partial charge < -0.3 is 9.15 Å². The Labute approximate surface area is 187 Å². The summed E-state index contributed by atoms with van der Waals surface area (Å²) in [5, 5.41) is 8.16. The van der Waals surface area contributed by atoms with Gasteiger partial charge >= 0.3 is 5.97 Å². The largest absolute Gasteiger partial charge is 0.454 e. The van der Waals surface area contributed by atoms with Crippen molar-refractivity contribution in [1.29, 1.82) is 0 Å². The molecule has 0 amide bonds. The van der Waals surface area contributed by atoms with Crippen molar-refractivity contribution in [2.24, 2.45) is 5.41 Å². The number of carbonyl (C=O) groups is 2. The minimum absolute atomic E-state index is 0.132. The third-order valence-electron chi connectivity index (χ3n) is 4.19. The SMILES string of the molecule is CC(C)(C)C(=O)COC(=O)c1ccccc1SCc1nnc(-c2ccc(Br)cc2)o1. The number of ether oxygens (including phenoxy) is 1. The molecule has 2 aromatic carbocycles. The van der Waals surface area contributed by atoms with Crippen molar-refractivity contribution < 1.29 is 18.7 Å². The zero-order chi connectivity index (χ0) is 21.7. The molecule has 156 valence electrons. The molecule has 3 aromatic rings. The van der Waals surface area contributed by atoms with Crippen molar-refractivity contribution in [3.63, 3.8) is 0 Å². The van der Waals surface area contributed by atoms with Gasteiger partial charge in [-0.2, -0.15) is 0 Å². The van der Waals surface area contributed by atoms with Gasteiger partial charge in [0.25, 0.3) is 0 Å². The maximum atomic E-state index is 12.5. The highest BCUT2D eigenvalue weighted by molar-refractivity contribution is 9.10. The summed E-state index contributed by atoms with van der Waals surface area (Å²) in [5.74, 6) is 0.619. The topological polar surface area (TPSA) is 82.3 Å². The maximum absolute atomic E-state index is 12.5. The molecule has 0 bridgehead atoms. The average Bonchev–Trinajstić information content (AvgIpc) is 3.19. The van der Waals surface area contributed by atoms with Crippen LogP contribution in [0.15, 0.2) is 62.3 Å². The number of halogens is 1. The number of ketones is 1. The Balaban J connectivity index is 1.65. The van der Waals surface area contributed by atoms with Gasteiger partial charge in [0.2, 0.25) is 11.8 Å². The molecule has 0 aliphatic carbocycles. The van der Waals surface area contributed by atoms with E-state index in [1.807, 2.05) is 36.4 Å². The van der Waals surface area contributed by atoms with E-state index in [1.54, 1.807) is 32.9 Å². The number of benzene rings is 2. The lowest BCUT2D eigenvalue weighted by molar-refractivity contribution is -0.129. The third-order valence-corrected chi connectivity index (χ3v) is 5.77. The molecule has 0 saturated heterocycles. The summed E-state index contributed by atoms with van der Waals surface area (Å²) in [6.07, 6.45) is 0. The number of aromatic nitrogens is 2. The van der Waals surface area contributed by atoms with Gasteiger partial charge in [-0.05, 0) is 36.4 Å². The van der Waals surface area contributed by atoms with Crippen LogP contribution in [-0.2, 0) is 15.3 Å². The van der Waals surface area contributed by atoms with Crippen LogP contribution in [-0.4, -0.2) is 28.6 Å². The van der Waals surface area contributed by atoms with Crippen molar-refractivity contribution in [3.05, 3.63) is 64.5 Å². The average molecular weight is 489 g/mol. The van der Waals surface area contributed by atoms with Crippen molar-refractivity contribution in [2.75, 3.05) is 6.61 Å².